The number of benzene rings is 1. The smallest absolute Gasteiger partial charge is 0.144 e. The molecule has 0 aromatic heterocycles. The van der Waals surface area contributed by atoms with E-state index in [9.17, 15) is 0 Å². The molecule has 0 amide bonds. The van der Waals surface area contributed by atoms with E-state index in [2.05, 4.69) is 18.7 Å². The zero-order valence-corrected chi connectivity index (χ0v) is 13.2. The Bertz CT molecular complexity index is 400. The van der Waals surface area contributed by atoms with E-state index in [1.54, 1.807) is 14.2 Å². The molecular weight excluding hydrogens is 252 g/mol. The molecule has 0 radical (unpaired) electrons. The van der Waals surface area contributed by atoms with Crippen LogP contribution in [0.2, 0.25) is 0 Å². The maximum absolute atomic E-state index is 5.95. The third-order valence-corrected chi connectivity index (χ3v) is 3.44. The number of hydrogen-bond donors (Lipinski definition) is 1. The number of rotatable bonds is 9. The number of nitrogens with zero attached hydrogens (tertiary/aromatic N) is 1. The second-order valence-corrected chi connectivity index (χ2v) is 4.96. The Morgan fingerprint density at radius 2 is 1.50 bits per heavy atom. The summed E-state index contributed by atoms with van der Waals surface area (Å²) in [6, 6.07) is 3.83. The predicted molar refractivity (Wildman–Crippen MR) is 86.0 cm³/mol. The first-order chi connectivity index (χ1) is 9.67. The standard InChI is InChI=1S/C16H28N2O2/c1-5-7-9-18(10-8-6-2)14-12-15(19-3)13(17)11-16(14)20-4/h11-12H,5-10,17H2,1-4H3. The zero-order chi connectivity index (χ0) is 15.0. The van der Waals surface area contributed by atoms with Crippen LogP contribution in [0.15, 0.2) is 12.1 Å². The van der Waals surface area contributed by atoms with Crippen LogP contribution in [-0.2, 0) is 0 Å². The summed E-state index contributed by atoms with van der Waals surface area (Å²) >= 11 is 0. The molecule has 1 rings (SSSR count). The molecule has 0 saturated carbocycles. The number of anilines is 2. The van der Waals surface area contributed by atoms with Gasteiger partial charge in [0.1, 0.15) is 11.5 Å². The quantitative estimate of drug-likeness (QED) is 0.701. The Balaban J connectivity index is 3.07. The van der Waals surface area contributed by atoms with Crippen molar-refractivity contribution in [2.24, 2.45) is 0 Å². The molecule has 1 aromatic rings. The molecule has 4 heteroatoms. The van der Waals surface area contributed by atoms with E-state index >= 15 is 0 Å². The first-order valence-electron chi connectivity index (χ1n) is 7.44. The second kappa shape index (κ2) is 8.56. The van der Waals surface area contributed by atoms with E-state index in [1.165, 1.54) is 25.7 Å². The first kappa shape index (κ1) is 16.5. The normalized spacial score (nSPS) is 10.4. The van der Waals surface area contributed by atoms with Gasteiger partial charge in [0.2, 0.25) is 0 Å². The van der Waals surface area contributed by atoms with Crippen LogP contribution in [0, 0.1) is 0 Å². The molecule has 0 aliphatic rings. The first-order valence-corrected chi connectivity index (χ1v) is 7.44. The summed E-state index contributed by atoms with van der Waals surface area (Å²) in [4.78, 5) is 2.37. The zero-order valence-electron chi connectivity index (χ0n) is 13.2. The molecule has 20 heavy (non-hydrogen) atoms. The molecular formula is C16H28N2O2. The summed E-state index contributed by atoms with van der Waals surface area (Å²) in [6.07, 6.45) is 4.69. The average Bonchev–Trinajstić information content (AvgIpc) is 2.47. The van der Waals surface area contributed by atoms with Crippen molar-refractivity contribution in [1.29, 1.82) is 0 Å². The van der Waals surface area contributed by atoms with E-state index in [4.69, 9.17) is 15.2 Å². The lowest BCUT2D eigenvalue weighted by molar-refractivity contribution is 0.404. The number of ether oxygens (including phenoxy) is 2. The minimum absolute atomic E-state index is 0.610. The largest absolute Gasteiger partial charge is 0.495 e. The molecule has 0 aliphatic carbocycles. The van der Waals surface area contributed by atoms with Crippen LogP contribution < -0.4 is 20.1 Å². The Morgan fingerprint density at radius 3 is 1.95 bits per heavy atom. The van der Waals surface area contributed by atoms with Crippen molar-refractivity contribution in [2.45, 2.75) is 39.5 Å². The van der Waals surface area contributed by atoms with Gasteiger partial charge < -0.3 is 20.1 Å². The van der Waals surface area contributed by atoms with Gasteiger partial charge in [-0.15, -0.1) is 0 Å². The van der Waals surface area contributed by atoms with Crippen LogP contribution in [0.5, 0.6) is 11.5 Å². The Labute approximate surface area is 122 Å². The van der Waals surface area contributed by atoms with Gasteiger partial charge in [0.15, 0.2) is 0 Å². The van der Waals surface area contributed by atoms with Crippen LogP contribution in [-0.4, -0.2) is 27.3 Å². The lowest BCUT2D eigenvalue weighted by atomic mass is 10.2. The van der Waals surface area contributed by atoms with Gasteiger partial charge in [0.05, 0.1) is 25.6 Å². The molecule has 0 spiro atoms. The highest BCUT2D eigenvalue weighted by atomic mass is 16.5. The molecule has 1 aromatic carbocycles. The number of methoxy groups -OCH3 is 2. The van der Waals surface area contributed by atoms with Crippen LogP contribution in [0.4, 0.5) is 11.4 Å². The van der Waals surface area contributed by atoms with Crippen molar-refractivity contribution in [3.05, 3.63) is 12.1 Å². The van der Waals surface area contributed by atoms with Gasteiger partial charge in [-0.3, -0.25) is 0 Å². The summed E-state index contributed by atoms with van der Waals surface area (Å²) in [6.45, 7) is 6.47. The van der Waals surface area contributed by atoms with Crippen molar-refractivity contribution in [3.8, 4) is 11.5 Å². The van der Waals surface area contributed by atoms with Gasteiger partial charge in [-0.05, 0) is 12.8 Å². The lowest BCUT2D eigenvalue weighted by Crippen LogP contribution is -2.26. The second-order valence-electron chi connectivity index (χ2n) is 4.96. The SMILES string of the molecule is CCCCN(CCCC)c1cc(OC)c(N)cc1OC. The van der Waals surface area contributed by atoms with E-state index < -0.39 is 0 Å². The third kappa shape index (κ3) is 4.22. The predicted octanol–water partition coefficient (Wildman–Crippen LogP) is 3.69. The highest BCUT2D eigenvalue weighted by molar-refractivity contribution is 5.70. The Kier molecular flexibility index (Phi) is 7.05. The summed E-state index contributed by atoms with van der Waals surface area (Å²) < 4.78 is 10.8. The van der Waals surface area contributed by atoms with Gasteiger partial charge in [-0.2, -0.15) is 0 Å². The van der Waals surface area contributed by atoms with E-state index in [1.807, 2.05) is 12.1 Å². The van der Waals surface area contributed by atoms with E-state index in [-0.39, 0.29) is 0 Å². The molecule has 2 N–H and O–H groups in total. The fraction of sp³-hybridized carbons (Fsp3) is 0.625. The van der Waals surface area contributed by atoms with Gasteiger partial charge in [0.25, 0.3) is 0 Å². The van der Waals surface area contributed by atoms with Crippen molar-refractivity contribution in [1.82, 2.24) is 0 Å². The molecule has 0 unspecified atom stereocenters. The molecule has 0 fully saturated rings. The Morgan fingerprint density at radius 1 is 0.950 bits per heavy atom. The van der Waals surface area contributed by atoms with Crippen LogP contribution in [0.25, 0.3) is 0 Å². The maximum atomic E-state index is 5.95. The molecule has 114 valence electrons. The fourth-order valence-electron chi connectivity index (χ4n) is 2.20. The topological polar surface area (TPSA) is 47.7 Å². The highest BCUT2D eigenvalue weighted by Crippen LogP contribution is 2.37. The summed E-state index contributed by atoms with van der Waals surface area (Å²) in [5, 5.41) is 0. The van der Waals surface area contributed by atoms with Crippen LogP contribution in [0.1, 0.15) is 39.5 Å². The molecule has 0 atom stereocenters. The molecule has 0 heterocycles. The lowest BCUT2D eigenvalue weighted by Gasteiger charge is -2.27. The summed E-state index contributed by atoms with van der Waals surface area (Å²) in [5.41, 5.74) is 7.63. The average molecular weight is 280 g/mol. The minimum atomic E-state index is 0.610. The molecule has 0 aliphatic heterocycles. The van der Waals surface area contributed by atoms with Crippen LogP contribution >= 0.6 is 0 Å². The van der Waals surface area contributed by atoms with Crippen molar-refractivity contribution >= 4 is 11.4 Å². The Hall–Kier alpha value is -1.58. The number of hydrogen-bond acceptors (Lipinski definition) is 4. The van der Waals surface area contributed by atoms with Gasteiger partial charge in [-0.1, -0.05) is 26.7 Å². The van der Waals surface area contributed by atoms with Crippen LogP contribution in [0.3, 0.4) is 0 Å². The van der Waals surface area contributed by atoms with E-state index in [0.717, 1.165) is 24.5 Å². The van der Waals surface area contributed by atoms with Gasteiger partial charge in [-0.25, -0.2) is 0 Å². The summed E-state index contributed by atoms with van der Waals surface area (Å²) in [7, 11) is 3.33. The summed E-state index contributed by atoms with van der Waals surface area (Å²) in [5.74, 6) is 1.52. The fourth-order valence-corrected chi connectivity index (χ4v) is 2.20. The molecule has 0 bridgehead atoms. The van der Waals surface area contributed by atoms with Crippen molar-refractivity contribution < 1.29 is 9.47 Å². The molecule has 4 nitrogen and oxygen atoms in total. The van der Waals surface area contributed by atoms with Crippen molar-refractivity contribution in [3.63, 3.8) is 0 Å². The van der Waals surface area contributed by atoms with Gasteiger partial charge in [0, 0.05) is 25.2 Å². The highest BCUT2D eigenvalue weighted by Gasteiger charge is 2.15. The monoisotopic (exact) mass is 280 g/mol. The minimum Gasteiger partial charge on any atom is -0.495 e. The van der Waals surface area contributed by atoms with Crippen molar-refractivity contribution in [2.75, 3.05) is 37.9 Å². The van der Waals surface area contributed by atoms with Gasteiger partial charge >= 0.3 is 0 Å². The number of nitrogens with two attached hydrogens (primary N) is 1. The third-order valence-electron chi connectivity index (χ3n) is 3.44. The van der Waals surface area contributed by atoms with E-state index in [0.29, 0.717) is 11.4 Å². The number of nitrogen functional groups attached to an aromatic ring is 1. The molecule has 0 saturated heterocycles. The maximum Gasteiger partial charge on any atom is 0.144 e. The number of unbranched alkanes of at least 4 members (excludes halogenated alkanes) is 2.